The van der Waals surface area contributed by atoms with E-state index in [9.17, 15) is 9.59 Å². The molecule has 0 bridgehead atoms. The lowest BCUT2D eigenvalue weighted by Gasteiger charge is -2.30. The number of carbonyl (C=O) groups excluding carboxylic acids is 1. The van der Waals surface area contributed by atoms with Crippen molar-refractivity contribution in [1.29, 1.82) is 0 Å². The summed E-state index contributed by atoms with van der Waals surface area (Å²) in [5, 5.41) is 8.82. The van der Waals surface area contributed by atoms with E-state index in [4.69, 9.17) is 5.11 Å². The van der Waals surface area contributed by atoms with Crippen LogP contribution in [-0.2, 0) is 4.79 Å². The van der Waals surface area contributed by atoms with E-state index >= 15 is 0 Å². The number of hydrogen-bond acceptors (Lipinski definition) is 2. The number of carbonyl (C=O) groups is 2. The third kappa shape index (κ3) is 2.72. The zero-order valence-corrected chi connectivity index (χ0v) is 7.61. The van der Waals surface area contributed by atoms with Crippen molar-refractivity contribution in [2.75, 3.05) is 6.54 Å². The molecule has 4 nitrogen and oxygen atoms in total. The molecule has 1 rings (SSSR count). The van der Waals surface area contributed by atoms with E-state index in [0.29, 0.717) is 6.29 Å². The second-order valence-corrected chi connectivity index (χ2v) is 3.39. The first-order valence-electron chi connectivity index (χ1n) is 4.69. The topological polar surface area (TPSA) is 57.6 Å². The maximum absolute atomic E-state index is 10.8. The quantitative estimate of drug-likeness (QED) is 0.678. The van der Waals surface area contributed by atoms with Crippen LogP contribution in [0.1, 0.15) is 32.1 Å². The van der Waals surface area contributed by atoms with Gasteiger partial charge in [0.2, 0.25) is 0 Å². The number of rotatable bonds is 3. The molecule has 74 valence electrons. The largest absolute Gasteiger partial charge is 0.465 e. The van der Waals surface area contributed by atoms with E-state index < -0.39 is 6.09 Å². The van der Waals surface area contributed by atoms with E-state index in [1.165, 1.54) is 11.3 Å². The Morgan fingerprint density at radius 3 is 2.46 bits per heavy atom. The summed E-state index contributed by atoms with van der Waals surface area (Å²) in [6.07, 6.45) is 4.83. The molecule has 0 aliphatic heterocycles. The summed E-state index contributed by atoms with van der Waals surface area (Å²) in [6.45, 7) is 0.0139. The minimum atomic E-state index is -0.973. The molecule has 0 atom stereocenters. The number of hydrogen-bond donors (Lipinski definition) is 1. The van der Waals surface area contributed by atoms with Gasteiger partial charge in [0.15, 0.2) is 0 Å². The van der Waals surface area contributed by atoms with Crippen molar-refractivity contribution >= 4 is 12.4 Å². The van der Waals surface area contributed by atoms with Gasteiger partial charge in [-0.1, -0.05) is 19.3 Å². The summed E-state index contributed by atoms with van der Waals surface area (Å²) in [7, 11) is 0. The van der Waals surface area contributed by atoms with Crippen molar-refractivity contribution in [3.05, 3.63) is 0 Å². The molecule has 1 aliphatic rings. The van der Waals surface area contributed by atoms with Gasteiger partial charge in [0, 0.05) is 6.04 Å². The molecule has 0 spiro atoms. The SMILES string of the molecule is O=CCN(C(=O)O)C1CCCCC1. The fourth-order valence-electron chi connectivity index (χ4n) is 1.86. The first-order valence-corrected chi connectivity index (χ1v) is 4.69. The molecule has 0 aromatic carbocycles. The Kier molecular flexibility index (Phi) is 3.73. The molecule has 0 saturated heterocycles. The van der Waals surface area contributed by atoms with Crippen LogP contribution >= 0.6 is 0 Å². The van der Waals surface area contributed by atoms with Gasteiger partial charge >= 0.3 is 6.09 Å². The Balaban J connectivity index is 2.51. The minimum Gasteiger partial charge on any atom is -0.465 e. The molecule has 1 fully saturated rings. The highest BCUT2D eigenvalue weighted by Crippen LogP contribution is 2.22. The van der Waals surface area contributed by atoms with Crippen molar-refractivity contribution in [2.24, 2.45) is 0 Å². The molecule has 1 saturated carbocycles. The predicted octanol–water partition coefficient (Wildman–Crippen LogP) is 1.50. The summed E-state index contributed by atoms with van der Waals surface area (Å²) >= 11 is 0. The van der Waals surface area contributed by atoms with Crippen molar-refractivity contribution in [3.8, 4) is 0 Å². The second kappa shape index (κ2) is 4.84. The van der Waals surface area contributed by atoms with Gasteiger partial charge in [-0.3, -0.25) is 4.90 Å². The lowest BCUT2D eigenvalue weighted by Crippen LogP contribution is -2.41. The molecule has 0 aromatic heterocycles. The van der Waals surface area contributed by atoms with E-state index in [2.05, 4.69) is 0 Å². The lowest BCUT2D eigenvalue weighted by atomic mass is 9.94. The monoisotopic (exact) mass is 185 g/mol. The maximum atomic E-state index is 10.8. The van der Waals surface area contributed by atoms with Crippen LogP contribution in [0.25, 0.3) is 0 Å². The second-order valence-electron chi connectivity index (χ2n) is 3.39. The highest BCUT2D eigenvalue weighted by Gasteiger charge is 2.24. The fourth-order valence-corrected chi connectivity index (χ4v) is 1.86. The fraction of sp³-hybridized carbons (Fsp3) is 0.778. The Hall–Kier alpha value is -1.06. The maximum Gasteiger partial charge on any atom is 0.407 e. The van der Waals surface area contributed by atoms with E-state index in [1.54, 1.807) is 0 Å². The molecule has 0 unspecified atom stereocenters. The number of aldehydes is 1. The van der Waals surface area contributed by atoms with Crippen LogP contribution in [0, 0.1) is 0 Å². The van der Waals surface area contributed by atoms with Crippen LogP contribution in [0.5, 0.6) is 0 Å². The zero-order valence-electron chi connectivity index (χ0n) is 7.61. The van der Waals surface area contributed by atoms with Gasteiger partial charge in [-0.25, -0.2) is 4.79 Å². The molecule has 1 amide bonds. The lowest BCUT2D eigenvalue weighted by molar-refractivity contribution is -0.109. The van der Waals surface area contributed by atoms with Gasteiger partial charge in [0.05, 0.1) is 6.54 Å². The summed E-state index contributed by atoms with van der Waals surface area (Å²) < 4.78 is 0. The van der Waals surface area contributed by atoms with Crippen LogP contribution in [0.15, 0.2) is 0 Å². The number of amides is 1. The van der Waals surface area contributed by atoms with Crippen molar-refractivity contribution in [1.82, 2.24) is 4.90 Å². The first-order chi connectivity index (χ1) is 6.25. The number of carboxylic acid groups (broad SMARTS) is 1. The Morgan fingerprint density at radius 2 is 2.00 bits per heavy atom. The van der Waals surface area contributed by atoms with E-state index in [-0.39, 0.29) is 12.6 Å². The summed E-state index contributed by atoms with van der Waals surface area (Å²) in [6, 6.07) is 0.0662. The van der Waals surface area contributed by atoms with Crippen LogP contribution < -0.4 is 0 Å². The average Bonchev–Trinajstić information content (AvgIpc) is 2.15. The number of nitrogens with zero attached hydrogens (tertiary/aromatic N) is 1. The van der Waals surface area contributed by atoms with Gasteiger partial charge in [0.25, 0.3) is 0 Å². The summed E-state index contributed by atoms with van der Waals surface area (Å²) in [4.78, 5) is 22.3. The van der Waals surface area contributed by atoms with Crippen LogP contribution in [0.4, 0.5) is 4.79 Å². The van der Waals surface area contributed by atoms with Crippen LogP contribution in [0.2, 0.25) is 0 Å². The van der Waals surface area contributed by atoms with Gasteiger partial charge in [-0.2, -0.15) is 0 Å². The predicted molar refractivity (Wildman–Crippen MR) is 47.7 cm³/mol. The molecular weight excluding hydrogens is 170 g/mol. The normalized spacial score (nSPS) is 18.2. The van der Waals surface area contributed by atoms with Gasteiger partial charge in [-0.05, 0) is 12.8 Å². The standard InChI is InChI=1S/C9H15NO3/c11-7-6-10(9(12)13)8-4-2-1-3-5-8/h7-8H,1-6H2,(H,12,13). The third-order valence-corrected chi connectivity index (χ3v) is 2.53. The Bertz CT molecular complexity index is 187. The van der Waals surface area contributed by atoms with E-state index in [1.807, 2.05) is 0 Å². The average molecular weight is 185 g/mol. The van der Waals surface area contributed by atoms with Gasteiger partial charge in [0.1, 0.15) is 6.29 Å². The molecule has 13 heavy (non-hydrogen) atoms. The highest BCUT2D eigenvalue weighted by atomic mass is 16.4. The summed E-state index contributed by atoms with van der Waals surface area (Å²) in [5.41, 5.74) is 0. The van der Waals surface area contributed by atoms with Crippen LogP contribution in [-0.4, -0.2) is 35.0 Å². The van der Waals surface area contributed by atoms with Gasteiger partial charge in [-0.15, -0.1) is 0 Å². The molecule has 0 aromatic rings. The smallest absolute Gasteiger partial charge is 0.407 e. The summed E-state index contributed by atoms with van der Waals surface area (Å²) in [5.74, 6) is 0. The molecule has 4 heteroatoms. The third-order valence-electron chi connectivity index (χ3n) is 2.53. The molecule has 0 radical (unpaired) electrons. The molecular formula is C9H15NO3. The first kappa shape index (κ1) is 10.0. The van der Waals surface area contributed by atoms with E-state index in [0.717, 1.165) is 25.7 Å². The Morgan fingerprint density at radius 1 is 1.38 bits per heavy atom. The van der Waals surface area contributed by atoms with Crippen LogP contribution in [0.3, 0.4) is 0 Å². The minimum absolute atomic E-state index is 0.0139. The van der Waals surface area contributed by atoms with Gasteiger partial charge < -0.3 is 9.90 Å². The molecule has 1 N–H and O–H groups in total. The van der Waals surface area contributed by atoms with Crippen molar-refractivity contribution in [2.45, 2.75) is 38.1 Å². The Labute approximate surface area is 77.5 Å². The zero-order chi connectivity index (χ0) is 9.68. The van der Waals surface area contributed by atoms with Crippen molar-refractivity contribution < 1.29 is 14.7 Å². The molecule has 1 aliphatic carbocycles. The highest BCUT2D eigenvalue weighted by molar-refractivity contribution is 5.69. The molecule has 0 heterocycles. The van der Waals surface area contributed by atoms with Crippen molar-refractivity contribution in [3.63, 3.8) is 0 Å².